The average molecular weight is 1470 g/mol. The van der Waals surface area contributed by atoms with Gasteiger partial charge in [-0.1, -0.05) is 290 Å². The highest BCUT2D eigenvalue weighted by molar-refractivity contribution is 7.47. The Hall–Kier alpha value is -4.80. The smallest absolute Gasteiger partial charge is 0.462 e. The minimum Gasteiger partial charge on any atom is -0.462 e. The lowest BCUT2D eigenvalue weighted by Gasteiger charge is -2.21. The van der Waals surface area contributed by atoms with Crippen molar-refractivity contribution in [2.75, 3.05) is 39.6 Å². The van der Waals surface area contributed by atoms with Gasteiger partial charge in [0.1, 0.15) is 19.3 Å². The van der Waals surface area contributed by atoms with Crippen LogP contribution in [0.1, 0.15) is 310 Å². The van der Waals surface area contributed by atoms with Crippen LogP contribution in [0, 0.1) is 0 Å². The van der Waals surface area contributed by atoms with E-state index in [1.807, 2.05) is 12.2 Å². The zero-order valence-corrected chi connectivity index (χ0v) is 65.5. The third-order valence-corrected chi connectivity index (χ3v) is 18.0. The summed E-state index contributed by atoms with van der Waals surface area (Å²) in [4.78, 5) is 73.0. The molecule has 5 atom stereocenters. The van der Waals surface area contributed by atoms with Crippen molar-refractivity contribution in [1.82, 2.24) is 0 Å². The number of hydrogen-bond acceptors (Lipinski definition) is 15. The summed E-state index contributed by atoms with van der Waals surface area (Å²) >= 11 is 0. The van der Waals surface area contributed by atoms with Crippen LogP contribution >= 0.6 is 15.6 Å². The molecule has 0 amide bonds. The topological polar surface area (TPSA) is 237 Å². The van der Waals surface area contributed by atoms with Gasteiger partial charge in [-0.05, 0) is 128 Å². The van der Waals surface area contributed by atoms with E-state index in [1.54, 1.807) is 0 Å². The molecule has 0 aliphatic heterocycles. The summed E-state index contributed by atoms with van der Waals surface area (Å²) in [7, 11) is -9.98. The fourth-order valence-electron chi connectivity index (χ4n) is 10.2. The van der Waals surface area contributed by atoms with Gasteiger partial charge in [-0.15, -0.1) is 0 Å². The lowest BCUT2D eigenvalue weighted by atomic mass is 10.0. The van der Waals surface area contributed by atoms with Gasteiger partial charge in [-0.25, -0.2) is 9.13 Å². The van der Waals surface area contributed by atoms with Crippen molar-refractivity contribution < 1.29 is 80.2 Å². The quantitative estimate of drug-likeness (QED) is 0.0169. The van der Waals surface area contributed by atoms with Crippen molar-refractivity contribution in [1.29, 1.82) is 0 Å². The second kappa shape index (κ2) is 74.5. The van der Waals surface area contributed by atoms with Crippen molar-refractivity contribution in [3.05, 3.63) is 134 Å². The molecule has 0 bridgehead atoms. The van der Waals surface area contributed by atoms with Crippen molar-refractivity contribution >= 4 is 39.5 Å². The number of allylic oxidation sites excluding steroid dienone is 22. The van der Waals surface area contributed by atoms with Gasteiger partial charge in [0.2, 0.25) is 0 Å². The lowest BCUT2D eigenvalue weighted by Crippen LogP contribution is -2.30. The van der Waals surface area contributed by atoms with Crippen LogP contribution in [0.5, 0.6) is 0 Å². The van der Waals surface area contributed by atoms with E-state index in [4.69, 9.17) is 37.0 Å². The Morgan fingerprint density at radius 3 is 0.824 bits per heavy atom. The van der Waals surface area contributed by atoms with Crippen LogP contribution in [-0.4, -0.2) is 96.7 Å². The number of hydrogen-bond donors (Lipinski definition) is 3. The van der Waals surface area contributed by atoms with Crippen molar-refractivity contribution in [3.63, 3.8) is 0 Å². The summed E-state index contributed by atoms with van der Waals surface area (Å²) in [5, 5.41) is 10.6. The summed E-state index contributed by atoms with van der Waals surface area (Å²) in [5.41, 5.74) is 0. The average Bonchev–Trinajstić information content (AvgIpc) is 0.923. The summed E-state index contributed by atoms with van der Waals surface area (Å²) in [6.07, 6.45) is 83.0. The monoisotopic (exact) mass is 1470 g/mol. The maximum Gasteiger partial charge on any atom is 0.472 e. The second-order valence-corrected chi connectivity index (χ2v) is 28.8. The predicted molar refractivity (Wildman–Crippen MR) is 418 cm³/mol. The van der Waals surface area contributed by atoms with Crippen LogP contribution in [-0.2, 0) is 65.4 Å². The Balaban J connectivity index is 5.43. The number of phosphoric acid groups is 2. The van der Waals surface area contributed by atoms with Crippen LogP contribution in [0.3, 0.4) is 0 Å². The van der Waals surface area contributed by atoms with E-state index in [9.17, 15) is 43.2 Å². The predicted octanol–water partition coefficient (Wildman–Crippen LogP) is 22.9. The molecule has 17 nitrogen and oxygen atoms in total. The normalized spacial score (nSPS) is 14.6. The first kappa shape index (κ1) is 97.2. The van der Waals surface area contributed by atoms with Crippen LogP contribution in [0.2, 0.25) is 0 Å². The molecule has 0 saturated carbocycles. The number of rotatable bonds is 73. The first-order valence-corrected chi connectivity index (χ1v) is 42.4. The number of aliphatic hydroxyl groups is 1. The second-order valence-electron chi connectivity index (χ2n) is 25.9. The largest absolute Gasteiger partial charge is 0.472 e. The number of carbonyl (C=O) groups is 4. The van der Waals surface area contributed by atoms with Gasteiger partial charge in [-0.2, -0.15) is 0 Å². The van der Waals surface area contributed by atoms with Gasteiger partial charge >= 0.3 is 39.5 Å². The molecule has 0 aromatic carbocycles. The third-order valence-electron chi connectivity index (χ3n) is 16.1. The molecule has 102 heavy (non-hydrogen) atoms. The summed E-state index contributed by atoms with van der Waals surface area (Å²) in [6, 6.07) is 0. The Kier molecular flexibility index (Phi) is 71.0. The van der Waals surface area contributed by atoms with E-state index in [0.717, 1.165) is 161 Å². The standard InChI is InChI=1S/C83H140O17P2/c1-5-9-13-17-21-25-29-33-37-38-42-44-48-52-56-60-64-68-81(86)94-74-79(100-83(88)70-66-62-58-54-50-46-41-36-32-28-24-20-16-12-8-4)76-98-102(91,92)96-72-77(84)71-95-101(89,90)97-75-78(99-82(87)69-65-61-57-53-49-45-40-35-31-27-23-19-15-11-7-3)73-93-80(85)67-63-59-55-51-47-43-39-34-30-26-22-18-14-10-6-2/h9-11,13-15,21-23,25-27,33-35,37,39-40,42,44,52,56,77-79,84H,5-8,12,16-20,24,28-32,36,38,41,43,45-51,53-55,57-76H2,1-4H3,(H,89,90)(H,91,92)/b13-9-,14-10-,15-11-,25-21-,26-22-,27-23-,37-33-,39-34-,40-35-,44-42-,56-52-. The highest BCUT2D eigenvalue weighted by atomic mass is 31.2. The molecule has 584 valence electrons. The van der Waals surface area contributed by atoms with E-state index in [0.29, 0.717) is 32.1 Å². The maximum atomic E-state index is 13.1. The fourth-order valence-corrected chi connectivity index (χ4v) is 11.8. The van der Waals surface area contributed by atoms with Crippen LogP contribution in [0.25, 0.3) is 0 Å². The van der Waals surface area contributed by atoms with Gasteiger partial charge < -0.3 is 33.8 Å². The molecule has 3 N–H and O–H groups in total. The van der Waals surface area contributed by atoms with Crippen LogP contribution in [0.4, 0.5) is 0 Å². The highest BCUT2D eigenvalue weighted by Gasteiger charge is 2.30. The molecule has 0 aliphatic carbocycles. The molecular formula is C83H140O17P2. The molecule has 0 spiro atoms. The SMILES string of the molecule is CC/C=C\C/C=C\C/C=C\C/C=C\C/C=C\CCCC(=O)OCC(COP(=O)(O)OCC(O)COP(=O)(O)OCC(COC(=O)CCCCCCC/C=C\C/C=C\C/C=C\CC)OC(=O)CCCCCCC/C=C\C/C=C\C/C=C\CC)OC(=O)CCCCCCCCCCCCCCCCC. The zero-order valence-electron chi connectivity index (χ0n) is 63.7. The number of aliphatic hydroxyl groups excluding tert-OH is 1. The minimum atomic E-state index is -4.99. The highest BCUT2D eigenvalue weighted by Crippen LogP contribution is 2.45. The third kappa shape index (κ3) is 73.5. The minimum absolute atomic E-state index is 0.0676. The first-order chi connectivity index (χ1) is 49.7. The molecule has 0 heterocycles. The number of carbonyl (C=O) groups excluding carboxylic acids is 4. The van der Waals surface area contributed by atoms with Gasteiger partial charge in [0.05, 0.1) is 26.4 Å². The van der Waals surface area contributed by atoms with E-state index >= 15 is 0 Å². The summed E-state index contributed by atoms with van der Waals surface area (Å²) in [6.45, 7) is 4.45. The molecule has 0 aromatic heterocycles. The Morgan fingerprint density at radius 1 is 0.284 bits per heavy atom. The molecule has 0 radical (unpaired) electrons. The van der Waals surface area contributed by atoms with Gasteiger partial charge in [0.25, 0.3) is 0 Å². The van der Waals surface area contributed by atoms with Crippen molar-refractivity contribution in [2.45, 2.75) is 329 Å². The van der Waals surface area contributed by atoms with Gasteiger partial charge in [0, 0.05) is 25.7 Å². The number of esters is 4. The number of unbranched alkanes of at least 4 members (excludes halogenated alkanes) is 25. The van der Waals surface area contributed by atoms with Crippen molar-refractivity contribution in [2.24, 2.45) is 0 Å². The number of phosphoric ester groups is 2. The summed E-state index contributed by atoms with van der Waals surface area (Å²) in [5.74, 6) is -2.27. The van der Waals surface area contributed by atoms with Crippen LogP contribution in [0.15, 0.2) is 134 Å². The molecule has 0 fully saturated rings. The summed E-state index contributed by atoms with van der Waals surface area (Å²) < 4.78 is 68.5. The van der Waals surface area contributed by atoms with E-state index < -0.39 is 97.5 Å². The molecule has 0 aromatic rings. The molecule has 5 unspecified atom stereocenters. The molecule has 0 saturated heterocycles. The lowest BCUT2D eigenvalue weighted by molar-refractivity contribution is -0.161. The first-order valence-electron chi connectivity index (χ1n) is 39.4. The molecule has 0 rings (SSSR count). The Bertz CT molecular complexity index is 2460. The molecule has 0 aliphatic rings. The van der Waals surface area contributed by atoms with Crippen molar-refractivity contribution in [3.8, 4) is 0 Å². The van der Waals surface area contributed by atoms with E-state index in [1.165, 1.54) is 64.2 Å². The molecular weight excluding hydrogens is 1330 g/mol. The van der Waals surface area contributed by atoms with Gasteiger partial charge in [0.15, 0.2) is 12.2 Å². The van der Waals surface area contributed by atoms with E-state index in [2.05, 4.69) is 149 Å². The zero-order chi connectivity index (χ0) is 74.6. The fraction of sp³-hybridized carbons (Fsp3) is 0.687. The molecule has 19 heteroatoms. The maximum absolute atomic E-state index is 13.1. The van der Waals surface area contributed by atoms with Gasteiger partial charge in [-0.3, -0.25) is 37.3 Å². The number of ether oxygens (including phenoxy) is 4. The Morgan fingerprint density at radius 2 is 0.520 bits per heavy atom. The van der Waals surface area contributed by atoms with Crippen LogP contribution < -0.4 is 0 Å². The van der Waals surface area contributed by atoms with E-state index in [-0.39, 0.29) is 25.7 Å². The Labute approximate surface area is 618 Å².